The first kappa shape index (κ1) is 24.4. The van der Waals surface area contributed by atoms with E-state index in [1.165, 1.54) is 6.07 Å². The molecule has 0 atom stereocenters. The largest absolute Gasteiger partial charge is 0.416 e. The predicted octanol–water partition coefficient (Wildman–Crippen LogP) is 4.32. The van der Waals surface area contributed by atoms with Crippen LogP contribution >= 0.6 is 0 Å². The van der Waals surface area contributed by atoms with Crippen molar-refractivity contribution in [1.82, 2.24) is 14.9 Å². The Morgan fingerprint density at radius 1 is 1.06 bits per heavy atom. The summed E-state index contributed by atoms with van der Waals surface area (Å²) < 4.78 is 45.7. The minimum atomic E-state index is -4.46. The highest BCUT2D eigenvalue weighted by molar-refractivity contribution is 5.88. The number of halogens is 3. The molecule has 6 nitrogen and oxygen atoms in total. The quantitative estimate of drug-likeness (QED) is 0.658. The van der Waals surface area contributed by atoms with Gasteiger partial charge in [0.2, 0.25) is 5.91 Å². The van der Waals surface area contributed by atoms with E-state index in [9.17, 15) is 18.0 Å². The van der Waals surface area contributed by atoms with Crippen molar-refractivity contribution in [2.75, 3.05) is 44.3 Å². The first-order valence-electron chi connectivity index (χ1n) is 11.8. The Morgan fingerprint density at radius 3 is 2.35 bits per heavy atom. The summed E-state index contributed by atoms with van der Waals surface area (Å²) in [6.45, 7) is 8.93. The summed E-state index contributed by atoms with van der Waals surface area (Å²) in [4.78, 5) is 27.0. The highest BCUT2D eigenvalue weighted by Gasteiger charge is 2.45. The number of carbonyl (C=O) groups is 1. The fraction of sp³-hybridized carbons (Fsp3) is 0.560. The maximum Gasteiger partial charge on any atom is 0.416 e. The van der Waals surface area contributed by atoms with Crippen molar-refractivity contribution in [1.29, 1.82) is 0 Å². The number of ether oxygens (including phenoxy) is 1. The zero-order chi connectivity index (χ0) is 24.5. The number of hydrogen-bond acceptors (Lipinski definition) is 5. The Morgan fingerprint density at radius 2 is 1.74 bits per heavy atom. The first-order chi connectivity index (χ1) is 16.1. The molecule has 4 rings (SSSR count). The third-order valence-corrected chi connectivity index (χ3v) is 6.76. The fourth-order valence-corrected chi connectivity index (χ4v) is 4.78. The van der Waals surface area contributed by atoms with E-state index in [1.54, 1.807) is 11.0 Å². The number of carbonyl (C=O) groups excluding carboxylic acids is 1. The highest BCUT2D eigenvalue weighted by Crippen LogP contribution is 2.40. The fourth-order valence-electron chi connectivity index (χ4n) is 4.78. The van der Waals surface area contributed by atoms with Gasteiger partial charge in [-0.3, -0.25) is 4.79 Å². The number of amides is 1. The van der Waals surface area contributed by atoms with Gasteiger partial charge < -0.3 is 14.5 Å². The van der Waals surface area contributed by atoms with E-state index in [2.05, 4.69) is 23.7 Å². The van der Waals surface area contributed by atoms with Gasteiger partial charge in [-0.1, -0.05) is 32.0 Å². The Labute approximate surface area is 198 Å². The normalized spacial score (nSPS) is 18.9. The van der Waals surface area contributed by atoms with Gasteiger partial charge in [0.1, 0.15) is 11.6 Å². The number of benzene rings is 1. The molecule has 2 fully saturated rings. The summed E-state index contributed by atoms with van der Waals surface area (Å²) >= 11 is 0. The molecule has 2 aliphatic heterocycles. The molecular weight excluding hydrogens is 445 g/mol. The van der Waals surface area contributed by atoms with Crippen LogP contribution in [0.3, 0.4) is 0 Å². The topological polar surface area (TPSA) is 58.6 Å². The van der Waals surface area contributed by atoms with Crippen LogP contribution in [0.2, 0.25) is 0 Å². The standard InChI is InChI=1S/C25H31F3N4O2/c1-17(2)22-29-18(3)15-21(30-22)31-9-11-32(12-10-31)23(33)24(7-13-34-14-8-24)19-5-4-6-20(16-19)25(26,27)28/h4-6,15-17H,7-14H2,1-3H3. The molecule has 9 heteroatoms. The molecule has 3 heterocycles. The van der Waals surface area contributed by atoms with Crippen LogP contribution in [-0.4, -0.2) is 60.2 Å². The van der Waals surface area contributed by atoms with Gasteiger partial charge >= 0.3 is 6.18 Å². The van der Waals surface area contributed by atoms with Gasteiger partial charge in [0.15, 0.2) is 0 Å². The Bertz CT molecular complexity index is 1030. The summed E-state index contributed by atoms with van der Waals surface area (Å²) in [7, 11) is 0. The molecule has 0 spiro atoms. The lowest BCUT2D eigenvalue weighted by molar-refractivity contribution is -0.142. The van der Waals surface area contributed by atoms with Crippen molar-refractivity contribution >= 4 is 11.7 Å². The third-order valence-electron chi connectivity index (χ3n) is 6.76. The number of piperazine rings is 1. The van der Waals surface area contributed by atoms with Gasteiger partial charge in [0.05, 0.1) is 11.0 Å². The van der Waals surface area contributed by atoms with Crippen LogP contribution in [0.15, 0.2) is 30.3 Å². The summed E-state index contributed by atoms with van der Waals surface area (Å²) in [6.07, 6.45) is -3.71. The van der Waals surface area contributed by atoms with Gasteiger partial charge in [-0.15, -0.1) is 0 Å². The van der Waals surface area contributed by atoms with Crippen molar-refractivity contribution in [2.45, 2.75) is 51.1 Å². The summed E-state index contributed by atoms with van der Waals surface area (Å²) in [5, 5.41) is 0. The molecule has 0 N–H and O–H groups in total. The molecule has 34 heavy (non-hydrogen) atoms. The van der Waals surface area contributed by atoms with Crippen LogP contribution in [0.5, 0.6) is 0 Å². The lowest BCUT2D eigenvalue weighted by Crippen LogP contribution is -2.56. The molecule has 1 aromatic heterocycles. The number of rotatable bonds is 4. The van der Waals surface area contributed by atoms with Crippen molar-refractivity contribution in [3.63, 3.8) is 0 Å². The maximum absolute atomic E-state index is 13.8. The number of aryl methyl sites for hydroxylation is 1. The molecule has 1 amide bonds. The molecule has 0 unspecified atom stereocenters. The SMILES string of the molecule is Cc1cc(N2CCN(C(=O)C3(c4cccc(C(F)(F)F)c4)CCOCC3)CC2)nc(C(C)C)n1. The number of nitrogens with zero attached hydrogens (tertiary/aromatic N) is 4. The third kappa shape index (κ3) is 4.89. The van der Waals surface area contributed by atoms with Crippen molar-refractivity contribution in [3.8, 4) is 0 Å². The summed E-state index contributed by atoms with van der Waals surface area (Å²) in [6, 6.07) is 7.17. The summed E-state index contributed by atoms with van der Waals surface area (Å²) in [5.74, 6) is 1.74. The molecule has 0 bridgehead atoms. The van der Waals surface area contributed by atoms with Crippen LogP contribution in [0.1, 0.15) is 55.3 Å². The van der Waals surface area contributed by atoms with E-state index in [0.29, 0.717) is 57.8 Å². The molecule has 2 aliphatic rings. The smallest absolute Gasteiger partial charge is 0.381 e. The zero-order valence-electron chi connectivity index (χ0n) is 19.9. The molecule has 1 aromatic carbocycles. The van der Waals surface area contributed by atoms with Gasteiger partial charge in [-0.05, 0) is 31.4 Å². The average Bonchev–Trinajstić information content (AvgIpc) is 2.83. The number of alkyl halides is 3. The second-order valence-electron chi connectivity index (χ2n) is 9.43. The Balaban J connectivity index is 1.55. The predicted molar refractivity (Wildman–Crippen MR) is 123 cm³/mol. The monoisotopic (exact) mass is 476 g/mol. The van der Waals surface area contributed by atoms with Crippen LogP contribution in [-0.2, 0) is 21.1 Å². The number of hydrogen-bond donors (Lipinski definition) is 0. The van der Waals surface area contributed by atoms with E-state index >= 15 is 0 Å². The Hall–Kier alpha value is -2.68. The molecule has 0 saturated carbocycles. The van der Waals surface area contributed by atoms with Gasteiger partial charge in [0.25, 0.3) is 0 Å². The van der Waals surface area contributed by atoms with E-state index < -0.39 is 17.2 Å². The van der Waals surface area contributed by atoms with E-state index in [4.69, 9.17) is 9.72 Å². The summed E-state index contributed by atoms with van der Waals surface area (Å²) in [5.41, 5.74) is -0.407. The maximum atomic E-state index is 13.8. The van der Waals surface area contributed by atoms with Crippen LogP contribution in [0.4, 0.5) is 19.0 Å². The van der Waals surface area contributed by atoms with Crippen molar-refractivity contribution < 1.29 is 22.7 Å². The van der Waals surface area contributed by atoms with E-state index in [-0.39, 0.29) is 11.8 Å². The van der Waals surface area contributed by atoms with Gasteiger partial charge in [-0.2, -0.15) is 13.2 Å². The van der Waals surface area contributed by atoms with E-state index in [0.717, 1.165) is 29.5 Å². The molecule has 2 saturated heterocycles. The lowest BCUT2D eigenvalue weighted by Gasteiger charge is -2.43. The average molecular weight is 477 g/mol. The van der Waals surface area contributed by atoms with Gasteiger partial charge in [0, 0.05) is 57.1 Å². The molecule has 2 aromatic rings. The second kappa shape index (κ2) is 9.52. The van der Waals surface area contributed by atoms with E-state index in [1.807, 2.05) is 13.0 Å². The molecule has 184 valence electrons. The van der Waals surface area contributed by atoms with Crippen molar-refractivity contribution in [2.24, 2.45) is 0 Å². The lowest BCUT2D eigenvalue weighted by atomic mass is 9.72. The minimum Gasteiger partial charge on any atom is -0.381 e. The number of aromatic nitrogens is 2. The molecule has 0 aliphatic carbocycles. The molecule has 0 radical (unpaired) electrons. The zero-order valence-corrected chi connectivity index (χ0v) is 19.9. The number of anilines is 1. The van der Waals surface area contributed by atoms with Crippen LogP contribution in [0, 0.1) is 6.92 Å². The first-order valence-corrected chi connectivity index (χ1v) is 11.8. The van der Waals surface area contributed by atoms with Crippen LogP contribution in [0.25, 0.3) is 0 Å². The highest BCUT2D eigenvalue weighted by atomic mass is 19.4. The van der Waals surface area contributed by atoms with Crippen molar-refractivity contribution in [3.05, 3.63) is 53.0 Å². The second-order valence-corrected chi connectivity index (χ2v) is 9.43. The molecular formula is C25H31F3N4O2. The van der Waals surface area contributed by atoms with Gasteiger partial charge in [-0.25, -0.2) is 9.97 Å². The minimum absolute atomic E-state index is 0.114. The van der Waals surface area contributed by atoms with Crippen LogP contribution < -0.4 is 4.90 Å². The Kier molecular flexibility index (Phi) is 6.85.